The van der Waals surface area contributed by atoms with Crippen LogP contribution in [-0.2, 0) is 4.74 Å². The SMILES string of the molecule is Nc1cc(Cl)cc(Cl)c1C(=O)OCC(=O)c1ccccc1. The third-order valence-electron chi connectivity index (χ3n) is 2.72. The second-order valence-corrected chi connectivity index (χ2v) is 5.06. The molecule has 0 unspecified atom stereocenters. The normalized spacial score (nSPS) is 10.2. The molecule has 0 amide bonds. The van der Waals surface area contributed by atoms with Crippen molar-refractivity contribution in [2.24, 2.45) is 0 Å². The highest BCUT2D eigenvalue weighted by atomic mass is 35.5. The highest BCUT2D eigenvalue weighted by molar-refractivity contribution is 6.37. The molecule has 0 atom stereocenters. The maximum Gasteiger partial charge on any atom is 0.342 e. The quantitative estimate of drug-likeness (QED) is 0.530. The van der Waals surface area contributed by atoms with Gasteiger partial charge in [-0.25, -0.2) is 4.79 Å². The van der Waals surface area contributed by atoms with Crippen molar-refractivity contribution < 1.29 is 14.3 Å². The monoisotopic (exact) mass is 323 g/mol. The zero-order valence-corrected chi connectivity index (χ0v) is 12.3. The lowest BCUT2D eigenvalue weighted by atomic mass is 10.1. The summed E-state index contributed by atoms with van der Waals surface area (Å²) in [5.74, 6) is -1.08. The maximum absolute atomic E-state index is 12.0. The van der Waals surface area contributed by atoms with Crippen molar-refractivity contribution in [1.29, 1.82) is 0 Å². The molecule has 0 bridgehead atoms. The van der Waals surface area contributed by atoms with E-state index in [4.69, 9.17) is 33.7 Å². The molecule has 0 aromatic heterocycles. The Morgan fingerprint density at radius 1 is 1.10 bits per heavy atom. The van der Waals surface area contributed by atoms with Gasteiger partial charge in [0.05, 0.1) is 5.02 Å². The second kappa shape index (κ2) is 6.61. The molecule has 4 nitrogen and oxygen atoms in total. The maximum atomic E-state index is 12.0. The summed E-state index contributed by atoms with van der Waals surface area (Å²) in [6.45, 7) is -0.388. The van der Waals surface area contributed by atoms with E-state index in [0.717, 1.165) is 0 Å². The highest BCUT2D eigenvalue weighted by Gasteiger charge is 2.18. The molecule has 2 aromatic rings. The minimum Gasteiger partial charge on any atom is -0.454 e. The van der Waals surface area contributed by atoms with Crippen molar-refractivity contribution in [2.45, 2.75) is 0 Å². The number of nitrogen functional groups attached to an aromatic ring is 1. The Balaban J connectivity index is 2.08. The van der Waals surface area contributed by atoms with Crippen LogP contribution in [0.5, 0.6) is 0 Å². The number of ether oxygens (including phenoxy) is 1. The number of carbonyl (C=O) groups is 2. The van der Waals surface area contributed by atoms with Crippen LogP contribution in [0.25, 0.3) is 0 Å². The first-order valence-corrected chi connectivity index (χ1v) is 6.74. The molecule has 0 aliphatic rings. The number of rotatable bonds is 4. The third kappa shape index (κ3) is 3.74. The zero-order valence-electron chi connectivity index (χ0n) is 10.8. The molecule has 0 saturated heterocycles. The van der Waals surface area contributed by atoms with Crippen molar-refractivity contribution in [3.05, 3.63) is 63.6 Å². The first-order chi connectivity index (χ1) is 9.99. The van der Waals surface area contributed by atoms with E-state index < -0.39 is 5.97 Å². The van der Waals surface area contributed by atoms with Gasteiger partial charge in [0, 0.05) is 16.3 Å². The fourth-order valence-corrected chi connectivity index (χ4v) is 2.31. The van der Waals surface area contributed by atoms with Crippen molar-refractivity contribution in [2.75, 3.05) is 12.3 Å². The van der Waals surface area contributed by atoms with Crippen LogP contribution in [0.3, 0.4) is 0 Å². The molecule has 0 spiro atoms. The fraction of sp³-hybridized carbons (Fsp3) is 0.0667. The lowest BCUT2D eigenvalue weighted by Gasteiger charge is -2.09. The second-order valence-electron chi connectivity index (χ2n) is 4.22. The molecule has 2 rings (SSSR count). The smallest absolute Gasteiger partial charge is 0.342 e. The van der Waals surface area contributed by atoms with E-state index in [9.17, 15) is 9.59 Å². The van der Waals surface area contributed by atoms with E-state index in [1.54, 1.807) is 30.3 Å². The molecule has 0 fully saturated rings. The van der Waals surface area contributed by atoms with Gasteiger partial charge in [-0.1, -0.05) is 53.5 Å². The predicted molar refractivity (Wildman–Crippen MR) is 81.9 cm³/mol. The molecule has 2 aromatic carbocycles. The van der Waals surface area contributed by atoms with Gasteiger partial charge in [-0.3, -0.25) is 4.79 Å². The van der Waals surface area contributed by atoms with Crippen LogP contribution in [0.2, 0.25) is 10.0 Å². The van der Waals surface area contributed by atoms with Gasteiger partial charge in [-0.05, 0) is 12.1 Å². The largest absolute Gasteiger partial charge is 0.454 e. The fourth-order valence-electron chi connectivity index (χ4n) is 1.72. The standard InChI is InChI=1S/C15H11Cl2NO3/c16-10-6-11(17)14(12(18)7-10)15(20)21-8-13(19)9-4-2-1-3-5-9/h1-7H,8,18H2. The molecular formula is C15H11Cl2NO3. The van der Waals surface area contributed by atoms with Gasteiger partial charge in [-0.2, -0.15) is 0 Å². The summed E-state index contributed by atoms with van der Waals surface area (Å²) in [6, 6.07) is 11.3. The van der Waals surface area contributed by atoms with Gasteiger partial charge in [0.15, 0.2) is 12.4 Å². The van der Waals surface area contributed by atoms with E-state index in [-0.39, 0.29) is 28.7 Å². The van der Waals surface area contributed by atoms with Gasteiger partial charge in [0.2, 0.25) is 0 Å². The minimum atomic E-state index is -0.765. The molecule has 21 heavy (non-hydrogen) atoms. The number of Topliss-reactive ketones (excluding diaryl/α,β-unsaturated/α-hetero) is 1. The number of ketones is 1. The summed E-state index contributed by atoms with van der Waals surface area (Å²) in [5, 5.41) is 0.395. The van der Waals surface area contributed by atoms with Crippen molar-refractivity contribution in [3.8, 4) is 0 Å². The van der Waals surface area contributed by atoms with Gasteiger partial charge in [0.1, 0.15) is 5.56 Å². The Kier molecular flexibility index (Phi) is 4.83. The number of carbonyl (C=O) groups excluding carboxylic acids is 2. The Labute approximate surface area is 131 Å². The van der Waals surface area contributed by atoms with Crippen LogP contribution < -0.4 is 5.73 Å². The van der Waals surface area contributed by atoms with Crippen LogP contribution in [0.1, 0.15) is 20.7 Å². The molecule has 0 saturated carbocycles. The lowest BCUT2D eigenvalue weighted by molar-refractivity contribution is 0.0476. The van der Waals surface area contributed by atoms with Crippen LogP contribution >= 0.6 is 23.2 Å². The average molecular weight is 324 g/mol. The van der Waals surface area contributed by atoms with E-state index in [1.807, 2.05) is 0 Å². The molecule has 0 aliphatic carbocycles. The van der Waals surface area contributed by atoms with Gasteiger partial charge in [-0.15, -0.1) is 0 Å². The Bertz CT molecular complexity index is 664. The number of hydrogen-bond donors (Lipinski definition) is 1. The van der Waals surface area contributed by atoms with E-state index in [0.29, 0.717) is 10.6 Å². The van der Waals surface area contributed by atoms with Crippen LogP contribution in [0.4, 0.5) is 5.69 Å². The van der Waals surface area contributed by atoms with Gasteiger partial charge < -0.3 is 10.5 Å². The molecule has 108 valence electrons. The number of halogens is 2. The Hall–Kier alpha value is -2.04. The van der Waals surface area contributed by atoms with E-state index in [2.05, 4.69) is 0 Å². The topological polar surface area (TPSA) is 69.4 Å². The summed E-state index contributed by atoms with van der Waals surface area (Å²) in [7, 11) is 0. The van der Waals surface area contributed by atoms with Crippen LogP contribution in [-0.4, -0.2) is 18.4 Å². The number of hydrogen-bond acceptors (Lipinski definition) is 4. The third-order valence-corrected chi connectivity index (χ3v) is 3.24. The summed E-state index contributed by atoms with van der Waals surface area (Å²) in [4.78, 5) is 23.8. The Morgan fingerprint density at radius 2 is 1.76 bits per heavy atom. The molecule has 6 heteroatoms. The van der Waals surface area contributed by atoms with Crippen molar-refractivity contribution in [1.82, 2.24) is 0 Å². The van der Waals surface area contributed by atoms with Gasteiger partial charge in [0.25, 0.3) is 0 Å². The van der Waals surface area contributed by atoms with Gasteiger partial charge >= 0.3 is 5.97 Å². The first-order valence-electron chi connectivity index (χ1n) is 5.99. The molecular weight excluding hydrogens is 313 g/mol. The Morgan fingerprint density at radius 3 is 2.38 bits per heavy atom. The summed E-state index contributed by atoms with van der Waals surface area (Å²) >= 11 is 11.7. The van der Waals surface area contributed by atoms with E-state index in [1.165, 1.54) is 12.1 Å². The number of nitrogens with two attached hydrogens (primary N) is 1. The summed E-state index contributed by atoms with van der Waals surface area (Å²) in [6.07, 6.45) is 0. The number of anilines is 1. The minimum absolute atomic E-state index is 0.00179. The first kappa shape index (κ1) is 15.4. The molecule has 0 radical (unpaired) electrons. The van der Waals surface area contributed by atoms with Crippen LogP contribution in [0.15, 0.2) is 42.5 Å². The highest BCUT2D eigenvalue weighted by Crippen LogP contribution is 2.27. The number of esters is 1. The summed E-state index contributed by atoms with van der Waals surface area (Å²) < 4.78 is 4.95. The molecule has 2 N–H and O–H groups in total. The van der Waals surface area contributed by atoms with E-state index >= 15 is 0 Å². The van der Waals surface area contributed by atoms with Crippen molar-refractivity contribution in [3.63, 3.8) is 0 Å². The molecule has 0 aliphatic heterocycles. The van der Waals surface area contributed by atoms with Crippen molar-refractivity contribution >= 4 is 40.6 Å². The van der Waals surface area contributed by atoms with Crippen LogP contribution in [0, 0.1) is 0 Å². The lowest BCUT2D eigenvalue weighted by Crippen LogP contribution is -2.15. The zero-order chi connectivity index (χ0) is 15.4. The number of benzene rings is 2. The predicted octanol–water partition coefficient (Wildman–Crippen LogP) is 3.62. The molecule has 0 heterocycles. The average Bonchev–Trinajstić information content (AvgIpc) is 2.44. The summed E-state index contributed by atoms with van der Waals surface area (Å²) in [5.41, 5.74) is 6.25.